The van der Waals surface area contributed by atoms with Gasteiger partial charge in [-0.05, 0) is 57.0 Å². The number of nitriles is 1. The van der Waals surface area contributed by atoms with Crippen molar-refractivity contribution in [1.82, 2.24) is 4.90 Å². The van der Waals surface area contributed by atoms with Crippen LogP contribution in [0.5, 0.6) is 11.5 Å². The smallest absolute Gasteiger partial charge is 0.152 e. The van der Waals surface area contributed by atoms with E-state index in [-0.39, 0.29) is 0 Å². The zero-order chi connectivity index (χ0) is 17.0. The van der Waals surface area contributed by atoms with Gasteiger partial charge in [0, 0.05) is 24.2 Å². The first-order chi connectivity index (χ1) is 12.2. The third kappa shape index (κ3) is 2.23. The van der Waals surface area contributed by atoms with E-state index in [1.165, 1.54) is 25.7 Å². The molecule has 2 saturated heterocycles. The van der Waals surface area contributed by atoms with Crippen molar-refractivity contribution in [3.63, 3.8) is 0 Å². The van der Waals surface area contributed by atoms with Crippen molar-refractivity contribution in [2.75, 3.05) is 11.9 Å². The molecule has 3 aliphatic heterocycles. The van der Waals surface area contributed by atoms with E-state index in [1.54, 1.807) is 0 Å². The van der Waals surface area contributed by atoms with Crippen molar-refractivity contribution in [3.8, 4) is 17.6 Å². The molecule has 5 rings (SSSR count). The monoisotopic (exact) mass is 331 g/mol. The molecular formula is C21H21N3O. The molecule has 2 aromatic carbocycles. The molecule has 0 aliphatic carbocycles. The molecular weight excluding hydrogens is 310 g/mol. The van der Waals surface area contributed by atoms with Crippen molar-refractivity contribution in [2.24, 2.45) is 0 Å². The first kappa shape index (κ1) is 14.8. The lowest BCUT2D eigenvalue weighted by Crippen LogP contribution is -2.48. The topological polar surface area (TPSA) is 39.5 Å². The Kier molecular flexibility index (Phi) is 3.26. The van der Waals surface area contributed by atoms with Crippen LogP contribution in [0.2, 0.25) is 0 Å². The highest BCUT2D eigenvalue weighted by Crippen LogP contribution is 2.50. The number of rotatable bonds is 1. The molecule has 25 heavy (non-hydrogen) atoms. The maximum atomic E-state index is 9.23. The highest BCUT2D eigenvalue weighted by atomic mass is 16.5. The lowest BCUT2D eigenvalue weighted by Gasteiger charge is -2.44. The zero-order valence-corrected chi connectivity index (χ0v) is 14.4. The molecule has 4 heteroatoms. The summed E-state index contributed by atoms with van der Waals surface area (Å²) >= 11 is 0. The minimum Gasteiger partial charge on any atom is -0.453 e. The number of fused-ring (bicyclic) bond motifs is 4. The fraction of sp³-hybridized carbons (Fsp3) is 0.381. The summed E-state index contributed by atoms with van der Waals surface area (Å²) in [5.41, 5.74) is 2.88. The molecule has 0 saturated carbocycles. The molecule has 0 amide bonds. The van der Waals surface area contributed by atoms with Crippen molar-refractivity contribution in [2.45, 2.75) is 43.8 Å². The van der Waals surface area contributed by atoms with Crippen molar-refractivity contribution >= 4 is 11.4 Å². The van der Waals surface area contributed by atoms with Crippen LogP contribution in [0.1, 0.15) is 31.2 Å². The van der Waals surface area contributed by atoms with E-state index in [4.69, 9.17) is 4.74 Å². The lowest BCUT2D eigenvalue weighted by molar-refractivity contribution is 0.162. The predicted molar refractivity (Wildman–Crippen MR) is 97.4 cm³/mol. The number of anilines is 2. The average molecular weight is 331 g/mol. The van der Waals surface area contributed by atoms with Gasteiger partial charge in [0.2, 0.25) is 0 Å². The predicted octanol–water partition coefficient (Wildman–Crippen LogP) is 4.43. The second kappa shape index (κ2) is 5.50. The standard InChI is InChI=1S/C21H21N3O/c1-23-15-7-8-16(23)12-17(11-15)24-18-4-2-3-5-20(18)25-21-10-14(13-22)6-9-19(21)24/h2-6,9-10,15-17H,7-8,11-12H2,1H3. The Bertz CT molecular complexity index is 858. The summed E-state index contributed by atoms with van der Waals surface area (Å²) in [4.78, 5) is 5.04. The van der Waals surface area contributed by atoms with Gasteiger partial charge in [-0.3, -0.25) is 0 Å². The molecule has 0 N–H and O–H groups in total. The van der Waals surface area contributed by atoms with Gasteiger partial charge in [0.15, 0.2) is 11.5 Å². The summed E-state index contributed by atoms with van der Waals surface area (Å²) in [6.45, 7) is 0. The summed E-state index contributed by atoms with van der Waals surface area (Å²) in [5.74, 6) is 1.68. The number of ether oxygens (including phenoxy) is 1. The Morgan fingerprint density at radius 3 is 2.44 bits per heavy atom. The van der Waals surface area contributed by atoms with Gasteiger partial charge in [0.1, 0.15) is 0 Å². The van der Waals surface area contributed by atoms with Gasteiger partial charge in [0.25, 0.3) is 0 Å². The summed E-state index contributed by atoms with van der Waals surface area (Å²) in [6, 6.07) is 18.1. The summed E-state index contributed by atoms with van der Waals surface area (Å²) in [5, 5.41) is 9.23. The molecule has 3 heterocycles. The fourth-order valence-electron chi connectivity index (χ4n) is 4.84. The van der Waals surface area contributed by atoms with E-state index in [0.717, 1.165) is 22.9 Å². The molecule has 0 spiro atoms. The van der Waals surface area contributed by atoms with Crippen LogP contribution in [0.4, 0.5) is 11.4 Å². The van der Waals surface area contributed by atoms with Crippen LogP contribution in [-0.2, 0) is 0 Å². The van der Waals surface area contributed by atoms with Crippen LogP contribution in [-0.4, -0.2) is 30.1 Å². The normalized spacial score (nSPS) is 27.2. The number of nitrogens with zero attached hydrogens (tertiary/aromatic N) is 3. The second-order valence-electron chi connectivity index (χ2n) is 7.41. The van der Waals surface area contributed by atoms with Gasteiger partial charge < -0.3 is 14.5 Å². The average Bonchev–Trinajstić information content (AvgIpc) is 2.85. The van der Waals surface area contributed by atoms with Crippen molar-refractivity contribution in [3.05, 3.63) is 48.0 Å². The van der Waals surface area contributed by atoms with E-state index in [9.17, 15) is 5.26 Å². The molecule has 0 radical (unpaired) electrons. The van der Waals surface area contributed by atoms with Gasteiger partial charge in [-0.1, -0.05) is 12.1 Å². The Morgan fingerprint density at radius 1 is 0.960 bits per heavy atom. The molecule has 2 unspecified atom stereocenters. The number of benzene rings is 2. The van der Waals surface area contributed by atoms with Crippen molar-refractivity contribution < 1.29 is 4.74 Å². The van der Waals surface area contributed by atoms with Crippen LogP contribution >= 0.6 is 0 Å². The van der Waals surface area contributed by atoms with Crippen molar-refractivity contribution in [1.29, 1.82) is 5.26 Å². The van der Waals surface area contributed by atoms with E-state index in [1.807, 2.05) is 30.3 Å². The maximum absolute atomic E-state index is 9.23. The summed E-state index contributed by atoms with van der Waals surface area (Å²) in [6.07, 6.45) is 4.98. The number of para-hydroxylation sites is 2. The first-order valence-corrected chi connectivity index (χ1v) is 9.07. The fourth-order valence-corrected chi connectivity index (χ4v) is 4.84. The molecule has 0 aromatic heterocycles. The molecule has 2 fully saturated rings. The molecule has 2 bridgehead atoms. The van der Waals surface area contributed by atoms with Gasteiger partial charge in [-0.25, -0.2) is 0 Å². The Labute approximate surface area is 148 Å². The van der Waals surface area contributed by atoms with Gasteiger partial charge in [-0.2, -0.15) is 5.26 Å². The maximum Gasteiger partial charge on any atom is 0.152 e. The highest BCUT2D eigenvalue weighted by molar-refractivity contribution is 5.79. The third-order valence-electron chi connectivity index (χ3n) is 6.13. The van der Waals surface area contributed by atoms with E-state index < -0.39 is 0 Å². The van der Waals surface area contributed by atoms with Gasteiger partial charge in [0.05, 0.1) is 23.0 Å². The number of piperidine rings is 1. The third-order valence-corrected chi connectivity index (χ3v) is 6.13. The van der Waals surface area contributed by atoms with Crippen LogP contribution in [0.3, 0.4) is 0 Å². The minimum absolute atomic E-state index is 0.477. The molecule has 2 atom stereocenters. The van der Waals surface area contributed by atoms with Crippen LogP contribution in [0, 0.1) is 11.3 Å². The number of hydrogen-bond acceptors (Lipinski definition) is 4. The van der Waals surface area contributed by atoms with Crippen LogP contribution < -0.4 is 9.64 Å². The first-order valence-electron chi connectivity index (χ1n) is 9.07. The summed E-state index contributed by atoms with van der Waals surface area (Å²) in [7, 11) is 2.28. The van der Waals surface area contributed by atoms with Crippen LogP contribution in [0.15, 0.2) is 42.5 Å². The highest BCUT2D eigenvalue weighted by Gasteiger charge is 2.42. The number of hydrogen-bond donors (Lipinski definition) is 0. The van der Waals surface area contributed by atoms with Gasteiger partial charge in [-0.15, -0.1) is 0 Å². The van der Waals surface area contributed by atoms with Crippen LogP contribution in [0.25, 0.3) is 0 Å². The molecule has 3 aliphatic rings. The Balaban J connectivity index is 1.61. The summed E-state index contributed by atoms with van der Waals surface area (Å²) < 4.78 is 6.13. The zero-order valence-electron chi connectivity index (χ0n) is 14.4. The van der Waals surface area contributed by atoms with E-state index in [0.29, 0.717) is 23.7 Å². The van der Waals surface area contributed by atoms with E-state index in [2.05, 4.69) is 35.0 Å². The SMILES string of the molecule is CN1C2CCC1CC(N1c3ccccc3Oc3cc(C#N)ccc31)C2. The van der Waals surface area contributed by atoms with E-state index >= 15 is 0 Å². The Hall–Kier alpha value is -2.51. The molecule has 4 nitrogen and oxygen atoms in total. The largest absolute Gasteiger partial charge is 0.453 e. The quantitative estimate of drug-likeness (QED) is 0.775. The Morgan fingerprint density at radius 2 is 1.68 bits per heavy atom. The second-order valence-corrected chi connectivity index (χ2v) is 7.41. The lowest BCUT2D eigenvalue weighted by atomic mass is 9.94. The molecule has 2 aromatic rings. The molecule has 126 valence electrons. The van der Waals surface area contributed by atoms with Gasteiger partial charge >= 0.3 is 0 Å². The minimum atomic E-state index is 0.477.